The monoisotopic (exact) mass is 317 g/mol. The van der Waals surface area contributed by atoms with E-state index in [1.807, 2.05) is 29.5 Å². The number of rotatable bonds is 6. The average molecular weight is 317 g/mol. The molecule has 1 aromatic carbocycles. The average Bonchev–Trinajstić information content (AvgIpc) is 2.95. The van der Waals surface area contributed by atoms with Gasteiger partial charge in [0.15, 0.2) is 5.13 Å². The molecule has 22 heavy (non-hydrogen) atoms. The van der Waals surface area contributed by atoms with Crippen LogP contribution >= 0.6 is 11.3 Å². The molecule has 0 bridgehead atoms. The molecule has 4 nitrogen and oxygen atoms in total. The fraction of sp³-hybridized carbons (Fsp3) is 0.412. The summed E-state index contributed by atoms with van der Waals surface area (Å²) in [5.41, 5.74) is 3.19. The number of amides is 1. The molecule has 1 unspecified atom stereocenters. The summed E-state index contributed by atoms with van der Waals surface area (Å²) < 4.78 is 0. The van der Waals surface area contributed by atoms with Crippen LogP contribution in [0.25, 0.3) is 11.3 Å². The van der Waals surface area contributed by atoms with Gasteiger partial charge in [-0.25, -0.2) is 4.98 Å². The lowest BCUT2D eigenvalue weighted by molar-refractivity contribution is -0.117. The first-order valence-electron chi connectivity index (χ1n) is 7.52. The van der Waals surface area contributed by atoms with Crippen LogP contribution in [-0.4, -0.2) is 35.4 Å². The zero-order valence-corrected chi connectivity index (χ0v) is 14.4. The van der Waals surface area contributed by atoms with Gasteiger partial charge < -0.3 is 5.32 Å². The number of nitrogens with zero attached hydrogens (tertiary/aromatic N) is 2. The van der Waals surface area contributed by atoms with Crippen molar-refractivity contribution in [1.82, 2.24) is 9.88 Å². The lowest BCUT2D eigenvalue weighted by Gasteiger charge is -2.22. The molecule has 118 valence electrons. The van der Waals surface area contributed by atoms with E-state index in [-0.39, 0.29) is 5.91 Å². The Morgan fingerprint density at radius 1 is 1.36 bits per heavy atom. The standard InChI is InChI=1S/C17H23N3OS/c1-5-13(3)20(4)10-16(21)19-17-18-15(11-22-17)14-8-6-12(2)7-9-14/h6-9,11,13H,5,10H2,1-4H3,(H,18,19,21). The fourth-order valence-corrected chi connectivity index (χ4v) is 2.78. The summed E-state index contributed by atoms with van der Waals surface area (Å²) in [7, 11) is 1.97. The molecule has 1 atom stereocenters. The summed E-state index contributed by atoms with van der Waals surface area (Å²) in [5, 5.41) is 5.50. The second kappa shape index (κ2) is 7.51. The normalized spacial score (nSPS) is 12.4. The second-order valence-electron chi connectivity index (χ2n) is 5.62. The summed E-state index contributed by atoms with van der Waals surface area (Å²) in [4.78, 5) is 18.6. The van der Waals surface area contributed by atoms with Crippen LogP contribution in [0.4, 0.5) is 5.13 Å². The zero-order chi connectivity index (χ0) is 16.1. The summed E-state index contributed by atoms with van der Waals surface area (Å²) in [6, 6.07) is 8.62. The Bertz CT molecular complexity index is 621. The molecule has 2 rings (SSSR count). The highest BCUT2D eigenvalue weighted by molar-refractivity contribution is 7.14. The molecule has 0 aliphatic rings. The maximum Gasteiger partial charge on any atom is 0.240 e. The van der Waals surface area contributed by atoms with Gasteiger partial charge in [-0.15, -0.1) is 11.3 Å². The van der Waals surface area contributed by atoms with Crippen molar-refractivity contribution in [2.45, 2.75) is 33.2 Å². The van der Waals surface area contributed by atoms with Crippen molar-refractivity contribution in [3.8, 4) is 11.3 Å². The third-order valence-electron chi connectivity index (χ3n) is 3.83. The van der Waals surface area contributed by atoms with Gasteiger partial charge in [0.2, 0.25) is 5.91 Å². The van der Waals surface area contributed by atoms with Gasteiger partial charge in [-0.05, 0) is 27.3 Å². The number of carbonyl (C=O) groups excluding carboxylic acids is 1. The largest absolute Gasteiger partial charge is 0.301 e. The van der Waals surface area contributed by atoms with Gasteiger partial charge in [0.05, 0.1) is 12.2 Å². The Morgan fingerprint density at radius 3 is 2.68 bits per heavy atom. The number of thiazole rings is 1. The van der Waals surface area contributed by atoms with Crippen molar-refractivity contribution in [3.63, 3.8) is 0 Å². The third kappa shape index (κ3) is 4.39. The van der Waals surface area contributed by atoms with Crippen LogP contribution in [0.2, 0.25) is 0 Å². The Kier molecular flexibility index (Phi) is 5.69. The van der Waals surface area contributed by atoms with Crippen LogP contribution in [-0.2, 0) is 4.79 Å². The first-order valence-corrected chi connectivity index (χ1v) is 8.40. The van der Waals surface area contributed by atoms with E-state index in [9.17, 15) is 4.79 Å². The molecule has 0 radical (unpaired) electrons. The molecule has 1 aromatic heterocycles. The number of hydrogen-bond acceptors (Lipinski definition) is 4. The van der Waals surface area contributed by atoms with Crippen molar-refractivity contribution >= 4 is 22.4 Å². The molecule has 1 heterocycles. The van der Waals surface area contributed by atoms with E-state index in [1.54, 1.807) is 0 Å². The molecule has 0 fully saturated rings. The van der Waals surface area contributed by atoms with Crippen LogP contribution < -0.4 is 5.32 Å². The van der Waals surface area contributed by atoms with E-state index < -0.39 is 0 Å². The first kappa shape index (κ1) is 16.6. The highest BCUT2D eigenvalue weighted by atomic mass is 32.1. The minimum absolute atomic E-state index is 0.0207. The van der Waals surface area contributed by atoms with Gasteiger partial charge in [0, 0.05) is 17.0 Å². The third-order valence-corrected chi connectivity index (χ3v) is 4.59. The maximum atomic E-state index is 12.0. The number of anilines is 1. The number of hydrogen-bond donors (Lipinski definition) is 1. The predicted molar refractivity (Wildman–Crippen MR) is 93.3 cm³/mol. The quantitative estimate of drug-likeness (QED) is 0.881. The number of nitrogens with one attached hydrogen (secondary N) is 1. The molecule has 2 aromatic rings. The SMILES string of the molecule is CCC(C)N(C)CC(=O)Nc1nc(-c2ccc(C)cc2)cs1. The fourth-order valence-electron chi connectivity index (χ4n) is 2.04. The molecule has 1 N–H and O–H groups in total. The number of aryl methyl sites for hydroxylation is 1. The van der Waals surface area contributed by atoms with Crippen LogP contribution in [0.5, 0.6) is 0 Å². The molecule has 5 heteroatoms. The minimum atomic E-state index is -0.0207. The van der Waals surface area contributed by atoms with Crippen LogP contribution in [0, 0.1) is 6.92 Å². The van der Waals surface area contributed by atoms with E-state index in [0.29, 0.717) is 17.7 Å². The molecular weight excluding hydrogens is 294 g/mol. The van der Waals surface area contributed by atoms with Crippen molar-refractivity contribution in [1.29, 1.82) is 0 Å². The summed E-state index contributed by atoms with van der Waals surface area (Å²) in [5.74, 6) is -0.0207. The molecule has 1 amide bonds. The number of carbonyl (C=O) groups is 1. The lowest BCUT2D eigenvalue weighted by Crippen LogP contribution is -2.36. The van der Waals surface area contributed by atoms with Crippen LogP contribution in [0.15, 0.2) is 29.6 Å². The molecule has 0 spiro atoms. The van der Waals surface area contributed by atoms with Gasteiger partial charge in [-0.2, -0.15) is 0 Å². The molecular formula is C17H23N3OS. The lowest BCUT2D eigenvalue weighted by atomic mass is 10.1. The summed E-state index contributed by atoms with van der Waals surface area (Å²) in [6.07, 6.45) is 1.03. The van der Waals surface area contributed by atoms with Gasteiger partial charge in [-0.3, -0.25) is 9.69 Å². The van der Waals surface area contributed by atoms with Gasteiger partial charge in [-0.1, -0.05) is 36.8 Å². The van der Waals surface area contributed by atoms with E-state index >= 15 is 0 Å². The maximum absolute atomic E-state index is 12.0. The highest BCUT2D eigenvalue weighted by Gasteiger charge is 2.13. The summed E-state index contributed by atoms with van der Waals surface area (Å²) in [6.45, 7) is 6.68. The Labute approximate surface area is 136 Å². The van der Waals surface area contributed by atoms with Crippen LogP contribution in [0.3, 0.4) is 0 Å². The van der Waals surface area contributed by atoms with Gasteiger partial charge in [0.1, 0.15) is 0 Å². The molecule has 0 saturated carbocycles. The minimum Gasteiger partial charge on any atom is -0.301 e. The van der Waals surface area contributed by atoms with Crippen LogP contribution in [0.1, 0.15) is 25.8 Å². The van der Waals surface area contributed by atoms with Crippen molar-refractivity contribution < 1.29 is 4.79 Å². The van der Waals surface area contributed by atoms with E-state index in [4.69, 9.17) is 0 Å². The van der Waals surface area contributed by atoms with E-state index in [2.05, 4.69) is 43.2 Å². The molecule has 0 aliphatic heterocycles. The van der Waals surface area contributed by atoms with Gasteiger partial charge in [0.25, 0.3) is 0 Å². The summed E-state index contributed by atoms with van der Waals surface area (Å²) >= 11 is 1.46. The van der Waals surface area contributed by atoms with Crippen molar-refractivity contribution in [2.75, 3.05) is 18.9 Å². The Morgan fingerprint density at radius 2 is 2.05 bits per heavy atom. The molecule has 0 aliphatic carbocycles. The van der Waals surface area contributed by atoms with E-state index in [0.717, 1.165) is 17.7 Å². The first-order chi connectivity index (χ1) is 10.5. The number of likely N-dealkylation sites (N-methyl/N-ethyl adjacent to an activating group) is 1. The van der Waals surface area contributed by atoms with Crippen molar-refractivity contribution in [2.24, 2.45) is 0 Å². The Hall–Kier alpha value is -1.72. The highest BCUT2D eigenvalue weighted by Crippen LogP contribution is 2.25. The topological polar surface area (TPSA) is 45.2 Å². The predicted octanol–water partition coefficient (Wildman–Crippen LogP) is 3.79. The Balaban J connectivity index is 1.97. The smallest absolute Gasteiger partial charge is 0.240 e. The number of benzene rings is 1. The second-order valence-corrected chi connectivity index (χ2v) is 6.48. The van der Waals surface area contributed by atoms with Crippen molar-refractivity contribution in [3.05, 3.63) is 35.2 Å². The molecule has 0 saturated heterocycles. The zero-order valence-electron chi connectivity index (χ0n) is 13.6. The van der Waals surface area contributed by atoms with Gasteiger partial charge >= 0.3 is 0 Å². The van der Waals surface area contributed by atoms with E-state index in [1.165, 1.54) is 16.9 Å². The number of aromatic nitrogens is 1.